The molecular weight excluding hydrogens is 356 g/mol. The normalized spacial score (nSPS) is 24.7. The first kappa shape index (κ1) is 20.7. The van der Waals surface area contributed by atoms with Crippen molar-refractivity contribution in [3.63, 3.8) is 0 Å². The molecule has 1 saturated carbocycles. The van der Waals surface area contributed by atoms with E-state index in [9.17, 15) is 24.0 Å². The van der Waals surface area contributed by atoms with Gasteiger partial charge < -0.3 is 15.4 Å². The van der Waals surface area contributed by atoms with Crippen molar-refractivity contribution in [2.24, 2.45) is 5.92 Å². The zero-order valence-electron chi connectivity index (χ0n) is 15.8. The van der Waals surface area contributed by atoms with Crippen LogP contribution in [0.25, 0.3) is 0 Å². The van der Waals surface area contributed by atoms with Gasteiger partial charge in [0.25, 0.3) is 11.8 Å². The number of hydrogen-bond acceptors (Lipinski definition) is 6. The van der Waals surface area contributed by atoms with E-state index in [0.717, 1.165) is 24.2 Å². The predicted molar refractivity (Wildman–Crippen MR) is 93.4 cm³/mol. The van der Waals surface area contributed by atoms with Crippen LogP contribution in [0.1, 0.15) is 46.5 Å². The van der Waals surface area contributed by atoms with Crippen LogP contribution in [0.3, 0.4) is 0 Å². The maximum absolute atomic E-state index is 12.7. The lowest BCUT2D eigenvalue weighted by molar-refractivity contribution is -0.151. The summed E-state index contributed by atoms with van der Waals surface area (Å²) < 4.78 is 4.77. The minimum absolute atomic E-state index is 0.0195. The number of carbonyl (C=O) groups excluding carboxylic acids is 5. The van der Waals surface area contributed by atoms with Crippen molar-refractivity contribution in [1.82, 2.24) is 20.9 Å². The molecule has 0 aromatic carbocycles. The molecule has 0 aromatic rings. The van der Waals surface area contributed by atoms with Crippen molar-refractivity contribution in [2.45, 2.75) is 58.0 Å². The fourth-order valence-electron chi connectivity index (χ4n) is 3.42. The predicted octanol–water partition coefficient (Wildman–Crippen LogP) is 0.265. The van der Waals surface area contributed by atoms with Gasteiger partial charge in [0.05, 0.1) is 0 Å². The van der Waals surface area contributed by atoms with Gasteiger partial charge in [0.2, 0.25) is 0 Å². The number of ether oxygens (including phenoxy) is 1. The van der Waals surface area contributed by atoms with Gasteiger partial charge in [-0.3, -0.25) is 24.6 Å². The van der Waals surface area contributed by atoms with Crippen LogP contribution < -0.4 is 16.0 Å². The fourth-order valence-corrected chi connectivity index (χ4v) is 3.42. The van der Waals surface area contributed by atoms with E-state index in [-0.39, 0.29) is 12.0 Å². The zero-order chi connectivity index (χ0) is 20.2. The van der Waals surface area contributed by atoms with Crippen LogP contribution in [0, 0.1) is 5.92 Å². The first-order chi connectivity index (χ1) is 12.7. The molecule has 150 valence electrons. The molecule has 1 aliphatic carbocycles. The molecule has 6 amide bonds. The summed E-state index contributed by atoms with van der Waals surface area (Å²) in [5.41, 5.74) is -0.956. The summed E-state index contributed by atoms with van der Waals surface area (Å²) in [6.07, 6.45) is 3.18. The Labute approximate surface area is 157 Å². The molecule has 0 bridgehead atoms. The second-order valence-electron chi connectivity index (χ2n) is 7.28. The first-order valence-corrected chi connectivity index (χ1v) is 9.06. The van der Waals surface area contributed by atoms with Gasteiger partial charge in [-0.15, -0.1) is 0 Å². The number of urea groups is 2. The van der Waals surface area contributed by atoms with E-state index >= 15 is 0 Å². The molecular formula is C17H26N4O6. The third-order valence-electron chi connectivity index (χ3n) is 4.83. The molecule has 2 fully saturated rings. The van der Waals surface area contributed by atoms with Gasteiger partial charge in [0.1, 0.15) is 12.1 Å². The van der Waals surface area contributed by atoms with Crippen LogP contribution in [-0.4, -0.2) is 59.5 Å². The Kier molecular flexibility index (Phi) is 6.40. The Bertz CT molecular complexity index is 649. The second-order valence-corrected chi connectivity index (χ2v) is 7.28. The highest BCUT2D eigenvalue weighted by molar-refractivity contribution is 6.09. The third kappa shape index (κ3) is 4.75. The SMILES string of the molecule is CC(C)NC(=O)NC(=O)COC(=O)CN1C(=O)N[C@@]2(CCCC[C@@H]2C)C1=O. The number of carbonyl (C=O) groups is 5. The Morgan fingerprint density at radius 1 is 1.30 bits per heavy atom. The fraction of sp³-hybridized carbons (Fsp3) is 0.706. The average Bonchev–Trinajstić information content (AvgIpc) is 2.80. The van der Waals surface area contributed by atoms with Gasteiger partial charge >= 0.3 is 18.0 Å². The van der Waals surface area contributed by atoms with Gasteiger partial charge in [0, 0.05) is 6.04 Å². The van der Waals surface area contributed by atoms with E-state index in [1.165, 1.54) is 0 Å². The highest BCUT2D eigenvalue weighted by Crippen LogP contribution is 2.38. The summed E-state index contributed by atoms with van der Waals surface area (Å²) in [4.78, 5) is 60.6. The molecule has 3 N–H and O–H groups in total. The molecule has 1 heterocycles. The van der Waals surface area contributed by atoms with Gasteiger partial charge in [-0.2, -0.15) is 0 Å². The third-order valence-corrected chi connectivity index (χ3v) is 4.83. The Balaban J connectivity index is 1.85. The van der Waals surface area contributed by atoms with Crippen LogP contribution in [0.15, 0.2) is 0 Å². The molecule has 1 saturated heterocycles. The van der Waals surface area contributed by atoms with Gasteiger partial charge in [-0.05, 0) is 32.6 Å². The van der Waals surface area contributed by atoms with E-state index in [1.807, 2.05) is 12.2 Å². The standard InChI is InChI=1S/C17H26N4O6/c1-10(2)18-15(25)19-12(22)9-27-13(23)8-21-14(24)17(20-16(21)26)7-5-4-6-11(17)3/h10-11H,4-9H2,1-3H3,(H,20,26)(H2,18,19,22,25)/t11-,17+/m0/s1. The number of esters is 1. The van der Waals surface area contributed by atoms with Crippen molar-refractivity contribution >= 4 is 29.8 Å². The topological polar surface area (TPSA) is 134 Å². The maximum Gasteiger partial charge on any atom is 0.326 e. The highest BCUT2D eigenvalue weighted by Gasteiger charge is 2.55. The van der Waals surface area contributed by atoms with E-state index in [0.29, 0.717) is 6.42 Å². The van der Waals surface area contributed by atoms with Crippen LogP contribution in [0.5, 0.6) is 0 Å². The largest absolute Gasteiger partial charge is 0.454 e. The summed E-state index contributed by atoms with van der Waals surface area (Å²) in [6.45, 7) is 4.09. The van der Waals surface area contributed by atoms with E-state index in [1.54, 1.807) is 13.8 Å². The summed E-state index contributed by atoms with van der Waals surface area (Å²) in [5.74, 6) is -2.17. The molecule has 10 nitrogen and oxygen atoms in total. The van der Waals surface area contributed by atoms with Crippen LogP contribution >= 0.6 is 0 Å². The maximum atomic E-state index is 12.7. The van der Waals surface area contributed by atoms with Gasteiger partial charge in [0.15, 0.2) is 6.61 Å². The number of nitrogens with zero attached hydrogens (tertiary/aromatic N) is 1. The zero-order valence-corrected chi connectivity index (χ0v) is 15.8. The lowest BCUT2D eigenvalue weighted by Gasteiger charge is -2.36. The average molecular weight is 382 g/mol. The van der Waals surface area contributed by atoms with Crippen molar-refractivity contribution in [1.29, 1.82) is 0 Å². The summed E-state index contributed by atoms with van der Waals surface area (Å²) >= 11 is 0. The monoisotopic (exact) mass is 382 g/mol. The molecule has 2 rings (SSSR count). The minimum atomic E-state index is -0.956. The molecule has 2 aliphatic rings. The van der Waals surface area contributed by atoms with Gasteiger partial charge in [-0.1, -0.05) is 19.8 Å². The molecule has 0 radical (unpaired) electrons. The van der Waals surface area contributed by atoms with Crippen molar-refractivity contribution in [2.75, 3.05) is 13.2 Å². The number of amides is 6. The smallest absolute Gasteiger partial charge is 0.326 e. The van der Waals surface area contributed by atoms with E-state index < -0.39 is 48.5 Å². The minimum Gasteiger partial charge on any atom is -0.454 e. The lowest BCUT2D eigenvalue weighted by Crippen LogP contribution is -2.54. The Morgan fingerprint density at radius 3 is 2.63 bits per heavy atom. The number of imide groups is 2. The number of rotatable bonds is 5. The lowest BCUT2D eigenvalue weighted by atomic mass is 9.73. The van der Waals surface area contributed by atoms with Crippen LogP contribution in [0.4, 0.5) is 9.59 Å². The molecule has 0 unspecified atom stereocenters. The van der Waals surface area contributed by atoms with Crippen LogP contribution in [0.2, 0.25) is 0 Å². The molecule has 10 heteroatoms. The first-order valence-electron chi connectivity index (χ1n) is 9.06. The molecule has 2 atom stereocenters. The number of nitrogens with one attached hydrogen (secondary N) is 3. The highest BCUT2D eigenvalue weighted by atomic mass is 16.5. The van der Waals surface area contributed by atoms with Crippen molar-refractivity contribution in [3.05, 3.63) is 0 Å². The van der Waals surface area contributed by atoms with Crippen molar-refractivity contribution in [3.8, 4) is 0 Å². The molecule has 1 spiro atoms. The quantitative estimate of drug-likeness (QED) is 0.461. The molecule has 27 heavy (non-hydrogen) atoms. The number of hydrogen-bond donors (Lipinski definition) is 3. The Hall–Kier alpha value is -2.65. The Morgan fingerprint density at radius 2 is 2.00 bits per heavy atom. The second kappa shape index (κ2) is 8.36. The van der Waals surface area contributed by atoms with E-state index in [4.69, 9.17) is 4.74 Å². The molecule has 1 aliphatic heterocycles. The van der Waals surface area contributed by atoms with Crippen molar-refractivity contribution < 1.29 is 28.7 Å². The summed E-state index contributed by atoms with van der Waals surface area (Å²) in [5, 5.41) is 7.19. The van der Waals surface area contributed by atoms with Crippen LogP contribution in [-0.2, 0) is 19.1 Å². The molecule has 0 aromatic heterocycles. The summed E-state index contributed by atoms with van der Waals surface area (Å²) in [7, 11) is 0. The van der Waals surface area contributed by atoms with Gasteiger partial charge in [-0.25, -0.2) is 9.59 Å². The van der Waals surface area contributed by atoms with E-state index in [2.05, 4.69) is 10.6 Å². The summed E-state index contributed by atoms with van der Waals surface area (Å²) in [6, 6.07) is -1.49.